The monoisotopic (exact) mass is 183 g/mol. The van der Waals surface area contributed by atoms with Gasteiger partial charge in [0, 0.05) is 31.7 Å². The summed E-state index contributed by atoms with van der Waals surface area (Å²) in [6, 6.07) is 1.51. The second-order valence-corrected chi connectivity index (χ2v) is 4.58. The van der Waals surface area contributed by atoms with Crippen LogP contribution in [-0.2, 0) is 0 Å². The Morgan fingerprint density at radius 2 is 2.00 bits per heavy atom. The summed E-state index contributed by atoms with van der Waals surface area (Å²) in [6.07, 6.45) is 1.31. The average molecular weight is 183 g/mol. The Bertz CT molecular complexity index is 166. The zero-order valence-corrected chi connectivity index (χ0v) is 8.79. The van der Waals surface area contributed by atoms with Crippen LogP contribution in [0.4, 0.5) is 0 Å². The number of nitrogens with one attached hydrogen (secondary N) is 1. The van der Waals surface area contributed by atoms with Crippen molar-refractivity contribution in [2.75, 3.05) is 39.8 Å². The lowest BCUT2D eigenvalue weighted by molar-refractivity contribution is 0.0524. The zero-order chi connectivity index (χ0) is 9.26. The predicted octanol–water partition coefficient (Wildman–Crippen LogP) is -0.0158. The van der Waals surface area contributed by atoms with Crippen LogP contribution in [0.25, 0.3) is 0 Å². The van der Waals surface area contributed by atoms with E-state index in [1.165, 1.54) is 39.1 Å². The van der Waals surface area contributed by atoms with Crippen molar-refractivity contribution in [3.63, 3.8) is 0 Å². The topological polar surface area (TPSA) is 18.5 Å². The van der Waals surface area contributed by atoms with Gasteiger partial charge in [-0.1, -0.05) is 0 Å². The van der Waals surface area contributed by atoms with Crippen molar-refractivity contribution in [2.24, 2.45) is 0 Å². The fourth-order valence-corrected chi connectivity index (χ4v) is 2.37. The molecule has 2 saturated heterocycles. The molecule has 1 N–H and O–H groups in total. The zero-order valence-electron chi connectivity index (χ0n) is 8.79. The lowest BCUT2D eigenvalue weighted by Gasteiger charge is -2.43. The summed E-state index contributed by atoms with van der Waals surface area (Å²) in [4.78, 5) is 5.05. The first kappa shape index (κ1) is 9.44. The summed E-state index contributed by atoms with van der Waals surface area (Å²) in [6.45, 7) is 8.55. The van der Waals surface area contributed by atoms with Gasteiger partial charge in [-0.3, -0.25) is 4.90 Å². The largest absolute Gasteiger partial charge is 0.313 e. The Kier molecular flexibility index (Phi) is 2.86. The van der Waals surface area contributed by atoms with Crippen molar-refractivity contribution in [2.45, 2.75) is 25.4 Å². The van der Waals surface area contributed by atoms with Crippen molar-refractivity contribution in [1.82, 2.24) is 15.1 Å². The quantitative estimate of drug-likeness (QED) is 0.616. The SMILES string of the molecule is CC1CN(C2CN(C)C2)CCCN1. The normalized spacial score (nSPS) is 34.2. The molecule has 3 heteroatoms. The molecular formula is C10H21N3. The summed E-state index contributed by atoms with van der Waals surface area (Å²) < 4.78 is 0. The minimum Gasteiger partial charge on any atom is -0.313 e. The molecule has 2 fully saturated rings. The number of hydrogen-bond donors (Lipinski definition) is 1. The number of likely N-dealkylation sites (N-methyl/N-ethyl adjacent to an activating group) is 1. The summed E-state index contributed by atoms with van der Waals surface area (Å²) >= 11 is 0. The molecule has 0 aromatic rings. The van der Waals surface area contributed by atoms with Crippen molar-refractivity contribution in [1.29, 1.82) is 0 Å². The lowest BCUT2D eigenvalue weighted by atomic mass is 10.1. The van der Waals surface area contributed by atoms with Gasteiger partial charge in [-0.15, -0.1) is 0 Å². The Hall–Kier alpha value is -0.120. The van der Waals surface area contributed by atoms with Crippen LogP contribution in [0.1, 0.15) is 13.3 Å². The van der Waals surface area contributed by atoms with E-state index in [9.17, 15) is 0 Å². The summed E-state index contributed by atoms with van der Waals surface area (Å²) in [7, 11) is 2.20. The molecular weight excluding hydrogens is 162 g/mol. The maximum absolute atomic E-state index is 3.53. The minimum absolute atomic E-state index is 0.674. The Morgan fingerprint density at radius 3 is 2.69 bits per heavy atom. The maximum atomic E-state index is 3.53. The molecule has 0 saturated carbocycles. The molecule has 2 aliphatic rings. The smallest absolute Gasteiger partial charge is 0.0350 e. The van der Waals surface area contributed by atoms with E-state index in [4.69, 9.17) is 0 Å². The van der Waals surface area contributed by atoms with Crippen molar-refractivity contribution >= 4 is 0 Å². The van der Waals surface area contributed by atoms with E-state index in [1.54, 1.807) is 0 Å². The molecule has 0 spiro atoms. The fourth-order valence-electron chi connectivity index (χ4n) is 2.37. The van der Waals surface area contributed by atoms with Crippen LogP contribution in [0.3, 0.4) is 0 Å². The van der Waals surface area contributed by atoms with Gasteiger partial charge < -0.3 is 10.2 Å². The predicted molar refractivity (Wildman–Crippen MR) is 54.9 cm³/mol. The Labute approximate surface area is 81.1 Å². The Morgan fingerprint density at radius 1 is 1.23 bits per heavy atom. The van der Waals surface area contributed by atoms with Gasteiger partial charge >= 0.3 is 0 Å². The summed E-state index contributed by atoms with van der Waals surface area (Å²) in [5.74, 6) is 0. The molecule has 76 valence electrons. The van der Waals surface area contributed by atoms with Crippen molar-refractivity contribution < 1.29 is 0 Å². The second-order valence-electron chi connectivity index (χ2n) is 4.58. The second kappa shape index (κ2) is 3.95. The van der Waals surface area contributed by atoms with E-state index in [0.717, 1.165) is 6.04 Å². The summed E-state index contributed by atoms with van der Waals surface area (Å²) in [5, 5.41) is 3.53. The molecule has 13 heavy (non-hydrogen) atoms. The number of rotatable bonds is 1. The molecule has 0 radical (unpaired) electrons. The van der Waals surface area contributed by atoms with E-state index >= 15 is 0 Å². The van der Waals surface area contributed by atoms with Gasteiger partial charge in [-0.05, 0) is 33.5 Å². The molecule has 1 unspecified atom stereocenters. The van der Waals surface area contributed by atoms with Crippen LogP contribution in [0, 0.1) is 0 Å². The first-order chi connectivity index (χ1) is 6.25. The van der Waals surface area contributed by atoms with Crippen LogP contribution < -0.4 is 5.32 Å². The van der Waals surface area contributed by atoms with Crippen LogP contribution in [-0.4, -0.2) is 61.7 Å². The third kappa shape index (κ3) is 2.22. The van der Waals surface area contributed by atoms with E-state index < -0.39 is 0 Å². The van der Waals surface area contributed by atoms with Gasteiger partial charge in [0.05, 0.1) is 0 Å². The van der Waals surface area contributed by atoms with Crippen LogP contribution >= 0.6 is 0 Å². The molecule has 2 heterocycles. The first-order valence-electron chi connectivity index (χ1n) is 5.41. The molecule has 0 aromatic carbocycles. The van der Waals surface area contributed by atoms with Crippen LogP contribution in [0.2, 0.25) is 0 Å². The Balaban J connectivity index is 1.83. The van der Waals surface area contributed by atoms with E-state index in [0.29, 0.717) is 6.04 Å². The summed E-state index contributed by atoms with van der Waals surface area (Å²) in [5.41, 5.74) is 0. The maximum Gasteiger partial charge on any atom is 0.0350 e. The molecule has 2 rings (SSSR count). The average Bonchev–Trinajstić information content (AvgIpc) is 2.24. The first-order valence-corrected chi connectivity index (χ1v) is 5.41. The number of likely N-dealkylation sites (tertiary alicyclic amines) is 1. The third-order valence-electron chi connectivity index (χ3n) is 3.18. The van der Waals surface area contributed by atoms with Crippen LogP contribution in [0.5, 0.6) is 0 Å². The van der Waals surface area contributed by atoms with E-state index in [2.05, 4.69) is 29.1 Å². The highest BCUT2D eigenvalue weighted by Gasteiger charge is 2.30. The number of nitrogens with zero attached hydrogens (tertiary/aromatic N) is 2. The molecule has 0 aromatic heterocycles. The molecule has 0 bridgehead atoms. The van der Waals surface area contributed by atoms with Gasteiger partial charge in [0.15, 0.2) is 0 Å². The van der Waals surface area contributed by atoms with Gasteiger partial charge in [0.1, 0.15) is 0 Å². The van der Waals surface area contributed by atoms with Gasteiger partial charge in [0.2, 0.25) is 0 Å². The molecule has 2 aliphatic heterocycles. The highest BCUT2D eigenvalue weighted by molar-refractivity contribution is 4.88. The van der Waals surface area contributed by atoms with Crippen molar-refractivity contribution in [3.05, 3.63) is 0 Å². The highest BCUT2D eigenvalue weighted by Crippen LogP contribution is 2.14. The fraction of sp³-hybridized carbons (Fsp3) is 1.00. The molecule has 0 amide bonds. The van der Waals surface area contributed by atoms with Crippen LogP contribution in [0.15, 0.2) is 0 Å². The van der Waals surface area contributed by atoms with Gasteiger partial charge in [-0.2, -0.15) is 0 Å². The lowest BCUT2D eigenvalue weighted by Crippen LogP contribution is -2.58. The standard InChI is InChI=1S/C10H21N3/c1-9-6-13(5-3-4-11-9)10-7-12(2)8-10/h9-11H,3-8H2,1-2H3. The van der Waals surface area contributed by atoms with Gasteiger partial charge in [0.25, 0.3) is 0 Å². The van der Waals surface area contributed by atoms with E-state index in [-0.39, 0.29) is 0 Å². The van der Waals surface area contributed by atoms with Crippen molar-refractivity contribution in [3.8, 4) is 0 Å². The minimum atomic E-state index is 0.674. The van der Waals surface area contributed by atoms with Gasteiger partial charge in [-0.25, -0.2) is 0 Å². The molecule has 0 aliphatic carbocycles. The highest BCUT2D eigenvalue weighted by atomic mass is 15.3. The molecule has 3 nitrogen and oxygen atoms in total. The number of hydrogen-bond acceptors (Lipinski definition) is 3. The third-order valence-corrected chi connectivity index (χ3v) is 3.18. The molecule has 1 atom stereocenters. The van der Waals surface area contributed by atoms with E-state index in [1.807, 2.05) is 0 Å².